The highest BCUT2D eigenvalue weighted by Crippen LogP contribution is 2.27. The van der Waals surface area contributed by atoms with Gasteiger partial charge in [0.15, 0.2) is 5.15 Å². The highest BCUT2D eigenvalue weighted by Gasteiger charge is 2.19. The third kappa shape index (κ3) is 3.15. The van der Waals surface area contributed by atoms with Gasteiger partial charge in [0.25, 0.3) is 10.0 Å². The Hall–Kier alpha value is -1.50. The van der Waals surface area contributed by atoms with E-state index in [9.17, 15) is 8.42 Å². The van der Waals surface area contributed by atoms with Gasteiger partial charge < -0.3 is 5.73 Å². The van der Waals surface area contributed by atoms with Crippen molar-refractivity contribution in [1.82, 2.24) is 4.98 Å². The van der Waals surface area contributed by atoms with Crippen LogP contribution in [0.15, 0.2) is 35.4 Å². The molecule has 20 heavy (non-hydrogen) atoms. The Labute approximate surface area is 126 Å². The van der Waals surface area contributed by atoms with Crippen LogP contribution < -0.4 is 10.5 Å². The van der Waals surface area contributed by atoms with Gasteiger partial charge in [-0.3, -0.25) is 4.72 Å². The highest BCUT2D eigenvalue weighted by molar-refractivity contribution is 7.92. The smallest absolute Gasteiger partial charge is 0.264 e. The molecular weight excluding hydrogens is 321 g/mol. The minimum Gasteiger partial charge on any atom is -0.398 e. The summed E-state index contributed by atoms with van der Waals surface area (Å²) in [5, 5.41) is 0.420. The number of aryl methyl sites for hydroxylation is 1. The molecule has 2 rings (SSSR count). The Bertz CT molecular complexity index is 763. The zero-order chi connectivity index (χ0) is 14.9. The number of anilines is 2. The van der Waals surface area contributed by atoms with Crippen molar-refractivity contribution in [3.63, 3.8) is 0 Å². The van der Waals surface area contributed by atoms with Gasteiger partial charge in [0, 0.05) is 11.2 Å². The SMILES string of the molecule is Cc1cnc(Cl)c(NS(=O)(=O)c2ccc(Cl)cc2N)c1. The second kappa shape index (κ2) is 5.47. The molecular formula is C12H11Cl2N3O2S. The molecule has 0 amide bonds. The fraction of sp³-hybridized carbons (Fsp3) is 0.0833. The topological polar surface area (TPSA) is 85.1 Å². The molecule has 1 aromatic carbocycles. The van der Waals surface area contributed by atoms with Crippen LogP contribution >= 0.6 is 23.2 Å². The lowest BCUT2D eigenvalue weighted by Crippen LogP contribution is -2.15. The summed E-state index contributed by atoms with van der Waals surface area (Å²) in [5.41, 5.74) is 6.70. The third-order valence-electron chi connectivity index (χ3n) is 2.48. The van der Waals surface area contributed by atoms with Crippen LogP contribution in [0.2, 0.25) is 10.2 Å². The molecule has 0 aliphatic rings. The van der Waals surface area contributed by atoms with Crippen molar-refractivity contribution in [3.05, 3.63) is 46.2 Å². The molecule has 0 radical (unpaired) electrons. The van der Waals surface area contributed by atoms with Crippen LogP contribution in [0.25, 0.3) is 0 Å². The fourth-order valence-corrected chi connectivity index (χ4v) is 3.15. The number of aromatic nitrogens is 1. The standard InChI is InChI=1S/C12H11Cl2N3O2S/c1-7-4-10(12(14)16-6-7)17-20(18,19)11-3-2-8(13)5-9(11)15/h2-6,17H,15H2,1H3. The molecule has 0 aliphatic heterocycles. The van der Waals surface area contributed by atoms with Gasteiger partial charge in [-0.2, -0.15) is 0 Å². The number of halogens is 2. The van der Waals surface area contributed by atoms with Crippen LogP contribution in [0.3, 0.4) is 0 Å². The van der Waals surface area contributed by atoms with Crippen LogP contribution in [0, 0.1) is 6.92 Å². The van der Waals surface area contributed by atoms with E-state index in [0.29, 0.717) is 5.02 Å². The normalized spacial score (nSPS) is 11.3. The summed E-state index contributed by atoms with van der Waals surface area (Å²) in [6.45, 7) is 1.78. The molecule has 0 fully saturated rings. The molecule has 0 saturated carbocycles. The Morgan fingerprint density at radius 1 is 1.25 bits per heavy atom. The third-order valence-corrected chi connectivity index (χ3v) is 4.46. The first kappa shape index (κ1) is 14.9. The van der Waals surface area contributed by atoms with Crippen molar-refractivity contribution in [2.75, 3.05) is 10.5 Å². The summed E-state index contributed by atoms with van der Waals surface area (Å²) < 4.78 is 26.9. The summed E-state index contributed by atoms with van der Waals surface area (Å²) in [5.74, 6) is 0. The molecule has 8 heteroatoms. The Morgan fingerprint density at radius 3 is 2.60 bits per heavy atom. The van der Waals surface area contributed by atoms with Gasteiger partial charge in [-0.15, -0.1) is 0 Å². The molecule has 0 spiro atoms. The van der Waals surface area contributed by atoms with Gasteiger partial charge in [0.05, 0.1) is 11.4 Å². The summed E-state index contributed by atoms with van der Waals surface area (Å²) >= 11 is 11.6. The maximum atomic E-state index is 12.3. The Balaban J connectivity index is 2.43. The van der Waals surface area contributed by atoms with Crippen molar-refractivity contribution >= 4 is 44.6 Å². The molecule has 2 aromatic rings. The van der Waals surface area contributed by atoms with Crippen molar-refractivity contribution in [3.8, 4) is 0 Å². The predicted molar refractivity (Wildman–Crippen MR) is 80.7 cm³/mol. The van der Waals surface area contributed by atoms with Gasteiger partial charge in [-0.05, 0) is 36.8 Å². The second-order valence-electron chi connectivity index (χ2n) is 4.14. The van der Waals surface area contributed by atoms with E-state index < -0.39 is 10.0 Å². The number of nitrogens with two attached hydrogens (primary N) is 1. The van der Waals surface area contributed by atoms with Crippen LogP contribution in [0.4, 0.5) is 11.4 Å². The van der Waals surface area contributed by atoms with Gasteiger partial charge in [-0.25, -0.2) is 13.4 Å². The zero-order valence-electron chi connectivity index (χ0n) is 10.4. The summed E-state index contributed by atoms with van der Waals surface area (Å²) in [6, 6.07) is 5.73. The lowest BCUT2D eigenvalue weighted by molar-refractivity contribution is 0.601. The number of nitrogens with zero attached hydrogens (tertiary/aromatic N) is 1. The van der Waals surface area contributed by atoms with Crippen LogP contribution in [0.5, 0.6) is 0 Å². The van der Waals surface area contributed by atoms with Gasteiger partial charge >= 0.3 is 0 Å². The van der Waals surface area contributed by atoms with E-state index >= 15 is 0 Å². The minimum atomic E-state index is -3.86. The highest BCUT2D eigenvalue weighted by atomic mass is 35.5. The predicted octanol–water partition coefficient (Wildman–Crippen LogP) is 3.08. The number of hydrogen-bond acceptors (Lipinski definition) is 4. The van der Waals surface area contributed by atoms with Crippen LogP contribution in [-0.4, -0.2) is 13.4 Å². The maximum absolute atomic E-state index is 12.3. The van der Waals surface area contributed by atoms with Gasteiger partial charge in [-0.1, -0.05) is 23.2 Å². The molecule has 3 N–H and O–H groups in total. The van der Waals surface area contributed by atoms with Gasteiger partial charge in [0.1, 0.15) is 4.90 Å². The Kier molecular flexibility index (Phi) is 4.08. The van der Waals surface area contributed by atoms with Crippen molar-refractivity contribution in [1.29, 1.82) is 0 Å². The van der Waals surface area contributed by atoms with Crippen LogP contribution in [0.1, 0.15) is 5.56 Å². The zero-order valence-corrected chi connectivity index (χ0v) is 12.7. The molecule has 5 nitrogen and oxygen atoms in total. The van der Waals surface area contributed by atoms with Crippen molar-refractivity contribution < 1.29 is 8.42 Å². The summed E-state index contributed by atoms with van der Waals surface area (Å²) in [7, 11) is -3.86. The number of benzene rings is 1. The van der Waals surface area contributed by atoms with Crippen LogP contribution in [-0.2, 0) is 10.0 Å². The number of hydrogen-bond donors (Lipinski definition) is 2. The van der Waals surface area contributed by atoms with E-state index in [1.807, 2.05) is 0 Å². The first-order valence-electron chi connectivity index (χ1n) is 5.49. The lowest BCUT2D eigenvalue weighted by atomic mass is 10.3. The average molecular weight is 332 g/mol. The number of nitrogens with one attached hydrogen (secondary N) is 1. The van der Waals surface area contributed by atoms with E-state index in [1.165, 1.54) is 24.4 Å². The quantitative estimate of drug-likeness (QED) is 0.668. The Morgan fingerprint density at radius 2 is 1.95 bits per heavy atom. The van der Waals surface area contributed by atoms with Gasteiger partial charge in [0.2, 0.25) is 0 Å². The first-order chi connectivity index (χ1) is 9.29. The average Bonchev–Trinajstić information content (AvgIpc) is 2.33. The van der Waals surface area contributed by atoms with Crippen molar-refractivity contribution in [2.24, 2.45) is 0 Å². The maximum Gasteiger partial charge on any atom is 0.264 e. The number of sulfonamides is 1. The summed E-state index contributed by atoms with van der Waals surface area (Å²) in [4.78, 5) is 3.81. The van der Waals surface area contributed by atoms with E-state index in [-0.39, 0.29) is 21.4 Å². The fourth-order valence-electron chi connectivity index (χ4n) is 1.59. The monoisotopic (exact) mass is 331 g/mol. The molecule has 0 saturated heterocycles. The number of nitrogen functional groups attached to an aromatic ring is 1. The first-order valence-corrected chi connectivity index (χ1v) is 7.73. The van der Waals surface area contributed by atoms with Crippen molar-refractivity contribution in [2.45, 2.75) is 11.8 Å². The van der Waals surface area contributed by atoms with E-state index in [0.717, 1.165) is 5.56 Å². The minimum absolute atomic E-state index is 0.0572. The molecule has 0 unspecified atom stereocenters. The molecule has 0 bridgehead atoms. The molecule has 106 valence electrons. The molecule has 1 heterocycles. The summed E-state index contributed by atoms with van der Waals surface area (Å²) in [6.07, 6.45) is 1.54. The van der Waals surface area contributed by atoms with E-state index in [1.54, 1.807) is 13.0 Å². The number of rotatable bonds is 3. The second-order valence-corrected chi connectivity index (χ2v) is 6.58. The molecule has 0 atom stereocenters. The lowest BCUT2D eigenvalue weighted by Gasteiger charge is -2.11. The molecule has 1 aromatic heterocycles. The largest absolute Gasteiger partial charge is 0.398 e. The molecule has 0 aliphatic carbocycles. The van der Waals surface area contributed by atoms with E-state index in [4.69, 9.17) is 28.9 Å². The number of pyridine rings is 1. The van der Waals surface area contributed by atoms with E-state index in [2.05, 4.69) is 9.71 Å².